The molecule has 1 aromatic rings. The average molecular weight is 389 g/mol. The van der Waals surface area contributed by atoms with Crippen LogP contribution in [0.15, 0.2) is 16.3 Å². The summed E-state index contributed by atoms with van der Waals surface area (Å²) >= 11 is 1.07. The molecule has 1 atom stereocenters. The van der Waals surface area contributed by atoms with E-state index in [4.69, 9.17) is 4.74 Å². The Bertz CT molecular complexity index is 689. The first kappa shape index (κ1) is 18.8. The zero-order chi connectivity index (χ0) is 17.9. The number of rotatable bonds is 6. The van der Waals surface area contributed by atoms with Crippen LogP contribution in [0.25, 0.3) is 0 Å². The van der Waals surface area contributed by atoms with Crippen molar-refractivity contribution in [3.8, 4) is 0 Å². The quantitative estimate of drug-likeness (QED) is 0.740. The number of sulfonamides is 1. The molecule has 0 amide bonds. The van der Waals surface area contributed by atoms with E-state index in [1.807, 2.05) is 0 Å². The fourth-order valence-electron chi connectivity index (χ4n) is 3.39. The molecule has 0 aliphatic carbocycles. The number of hydrogen-bond donors (Lipinski definition) is 1. The lowest BCUT2D eigenvalue weighted by atomic mass is 9.96. The topological polar surface area (TPSA) is 84.9 Å². The third kappa shape index (κ3) is 4.40. The lowest BCUT2D eigenvalue weighted by molar-refractivity contribution is 0.0602. The molecule has 1 N–H and O–H groups in total. The normalized spacial score (nSPS) is 23.0. The number of carbonyl (C=O) groups excluding carboxylic acids is 1. The Labute approximate surface area is 152 Å². The first-order valence-electron chi connectivity index (χ1n) is 8.48. The minimum absolute atomic E-state index is 0.00453. The smallest absolute Gasteiger partial charge is 0.349 e. The summed E-state index contributed by atoms with van der Waals surface area (Å²) in [7, 11) is -2.46. The minimum Gasteiger partial charge on any atom is -0.465 e. The van der Waals surface area contributed by atoms with Gasteiger partial charge in [-0.3, -0.25) is 4.90 Å². The second-order valence-electron chi connectivity index (χ2n) is 6.45. The fraction of sp³-hybridized carbons (Fsp3) is 0.688. The summed E-state index contributed by atoms with van der Waals surface area (Å²) in [6.07, 6.45) is 3.02. The van der Waals surface area contributed by atoms with E-state index in [0.717, 1.165) is 56.9 Å². The van der Waals surface area contributed by atoms with Crippen molar-refractivity contribution in [3.63, 3.8) is 0 Å². The van der Waals surface area contributed by atoms with Crippen LogP contribution >= 0.6 is 11.3 Å². The molecule has 1 unspecified atom stereocenters. The predicted octanol–water partition coefficient (Wildman–Crippen LogP) is 1.31. The molecule has 3 rings (SSSR count). The van der Waals surface area contributed by atoms with Crippen molar-refractivity contribution in [1.82, 2.24) is 9.62 Å². The van der Waals surface area contributed by atoms with E-state index in [0.29, 0.717) is 18.5 Å². The number of hydrogen-bond acceptors (Lipinski definition) is 7. The summed E-state index contributed by atoms with van der Waals surface area (Å²) in [5.41, 5.74) is 0. The standard InChI is InChI=1S/C16H24N2O5S2/c1-22-16(19)15-14(5-9-24-15)25(20,21)17-10-12-2-6-18(7-3-12)13-4-8-23-11-13/h5,9,12-13,17H,2-4,6-8,10-11H2,1H3. The number of carbonyl (C=O) groups is 1. The molecule has 25 heavy (non-hydrogen) atoms. The number of likely N-dealkylation sites (tertiary alicyclic amines) is 1. The first-order valence-corrected chi connectivity index (χ1v) is 10.8. The molecule has 9 heteroatoms. The zero-order valence-electron chi connectivity index (χ0n) is 14.3. The van der Waals surface area contributed by atoms with Crippen LogP contribution in [0.4, 0.5) is 0 Å². The van der Waals surface area contributed by atoms with E-state index in [2.05, 4.69) is 14.4 Å². The van der Waals surface area contributed by atoms with Gasteiger partial charge in [0, 0.05) is 19.2 Å². The third-order valence-electron chi connectivity index (χ3n) is 4.92. The van der Waals surface area contributed by atoms with Gasteiger partial charge >= 0.3 is 5.97 Å². The van der Waals surface area contributed by atoms with Gasteiger partial charge in [-0.2, -0.15) is 0 Å². The Morgan fingerprint density at radius 3 is 2.80 bits per heavy atom. The van der Waals surface area contributed by atoms with Gasteiger partial charge in [-0.05, 0) is 49.7 Å². The van der Waals surface area contributed by atoms with Crippen molar-refractivity contribution in [1.29, 1.82) is 0 Å². The van der Waals surface area contributed by atoms with Gasteiger partial charge in [0.15, 0.2) is 0 Å². The van der Waals surface area contributed by atoms with Crippen LogP contribution in [-0.4, -0.2) is 65.3 Å². The van der Waals surface area contributed by atoms with E-state index in [1.165, 1.54) is 13.2 Å². The molecule has 0 aromatic carbocycles. The van der Waals surface area contributed by atoms with Crippen molar-refractivity contribution >= 4 is 27.3 Å². The van der Waals surface area contributed by atoms with Gasteiger partial charge in [-0.1, -0.05) is 0 Å². The SMILES string of the molecule is COC(=O)c1sccc1S(=O)(=O)NCC1CCN(C2CCOC2)CC1. The summed E-state index contributed by atoms with van der Waals surface area (Å²) in [5, 5.41) is 1.59. The number of piperidine rings is 1. The number of ether oxygens (including phenoxy) is 2. The minimum atomic E-state index is -3.71. The Hall–Kier alpha value is -1.00. The largest absolute Gasteiger partial charge is 0.465 e. The average Bonchev–Trinajstić information content (AvgIpc) is 3.31. The summed E-state index contributed by atoms with van der Waals surface area (Å²) in [6, 6.07) is 1.97. The summed E-state index contributed by atoms with van der Waals surface area (Å²) < 4.78 is 37.8. The second-order valence-corrected chi connectivity index (χ2v) is 9.11. The lowest BCUT2D eigenvalue weighted by Crippen LogP contribution is -2.44. The number of methoxy groups -OCH3 is 1. The molecular weight excluding hydrogens is 364 g/mol. The predicted molar refractivity (Wildman–Crippen MR) is 94.4 cm³/mol. The van der Waals surface area contributed by atoms with Crippen molar-refractivity contribution in [2.75, 3.05) is 40.0 Å². The van der Waals surface area contributed by atoms with Crippen LogP contribution in [0, 0.1) is 5.92 Å². The van der Waals surface area contributed by atoms with E-state index < -0.39 is 16.0 Å². The summed E-state index contributed by atoms with van der Waals surface area (Å²) in [6.45, 7) is 4.01. The monoisotopic (exact) mass is 388 g/mol. The van der Waals surface area contributed by atoms with Gasteiger partial charge < -0.3 is 9.47 Å². The van der Waals surface area contributed by atoms with Gasteiger partial charge in [0.2, 0.25) is 10.0 Å². The first-order chi connectivity index (χ1) is 12.0. The Balaban J connectivity index is 1.53. The van der Waals surface area contributed by atoms with Gasteiger partial charge in [0.1, 0.15) is 9.77 Å². The highest BCUT2D eigenvalue weighted by Gasteiger charge is 2.29. The van der Waals surface area contributed by atoms with Gasteiger partial charge in [0.25, 0.3) is 0 Å². The van der Waals surface area contributed by atoms with Gasteiger partial charge in [-0.25, -0.2) is 17.9 Å². The van der Waals surface area contributed by atoms with Crippen molar-refractivity contribution < 1.29 is 22.7 Å². The molecule has 7 nitrogen and oxygen atoms in total. The Morgan fingerprint density at radius 2 is 2.16 bits per heavy atom. The summed E-state index contributed by atoms with van der Waals surface area (Å²) in [4.78, 5) is 14.3. The van der Waals surface area contributed by atoms with Gasteiger partial charge in [0.05, 0.1) is 13.7 Å². The maximum atomic E-state index is 12.5. The van der Waals surface area contributed by atoms with Crippen molar-refractivity contribution in [2.45, 2.75) is 30.2 Å². The van der Waals surface area contributed by atoms with E-state index in [9.17, 15) is 13.2 Å². The third-order valence-corrected chi connectivity index (χ3v) is 7.41. The number of thiophene rings is 1. The highest BCUT2D eigenvalue weighted by atomic mass is 32.2. The van der Waals surface area contributed by atoms with Crippen LogP contribution in [0.3, 0.4) is 0 Å². The van der Waals surface area contributed by atoms with Crippen LogP contribution in [0.2, 0.25) is 0 Å². The second kappa shape index (κ2) is 8.13. The van der Waals surface area contributed by atoms with Crippen LogP contribution in [0.5, 0.6) is 0 Å². The molecule has 2 saturated heterocycles. The Morgan fingerprint density at radius 1 is 1.40 bits per heavy atom. The molecule has 2 aliphatic heterocycles. The molecule has 3 heterocycles. The fourth-order valence-corrected chi connectivity index (χ4v) is 5.84. The lowest BCUT2D eigenvalue weighted by Gasteiger charge is -2.35. The number of esters is 1. The van der Waals surface area contributed by atoms with Crippen LogP contribution < -0.4 is 4.72 Å². The van der Waals surface area contributed by atoms with E-state index in [-0.39, 0.29) is 9.77 Å². The summed E-state index contributed by atoms with van der Waals surface area (Å²) in [5.74, 6) is -0.309. The van der Waals surface area contributed by atoms with E-state index >= 15 is 0 Å². The van der Waals surface area contributed by atoms with Crippen LogP contribution in [-0.2, 0) is 19.5 Å². The molecule has 140 valence electrons. The maximum absolute atomic E-state index is 12.5. The molecule has 0 spiro atoms. The van der Waals surface area contributed by atoms with Gasteiger partial charge in [-0.15, -0.1) is 11.3 Å². The molecular formula is C16H24N2O5S2. The van der Waals surface area contributed by atoms with E-state index in [1.54, 1.807) is 5.38 Å². The Kier molecular flexibility index (Phi) is 6.11. The molecule has 0 bridgehead atoms. The number of nitrogens with zero attached hydrogens (tertiary/aromatic N) is 1. The molecule has 0 radical (unpaired) electrons. The van der Waals surface area contributed by atoms with Crippen molar-refractivity contribution in [3.05, 3.63) is 16.3 Å². The molecule has 0 saturated carbocycles. The highest BCUT2D eigenvalue weighted by Crippen LogP contribution is 2.25. The zero-order valence-corrected chi connectivity index (χ0v) is 15.9. The maximum Gasteiger partial charge on any atom is 0.349 e. The molecule has 1 aromatic heterocycles. The van der Waals surface area contributed by atoms with Crippen molar-refractivity contribution in [2.24, 2.45) is 5.92 Å². The molecule has 2 aliphatic rings. The highest BCUT2D eigenvalue weighted by molar-refractivity contribution is 7.89. The molecule has 2 fully saturated rings. The number of nitrogens with one attached hydrogen (secondary N) is 1. The van der Waals surface area contributed by atoms with Crippen LogP contribution in [0.1, 0.15) is 28.9 Å².